The fourth-order valence-corrected chi connectivity index (χ4v) is 2.05. The molecular formula is C12H22O11. The van der Waals surface area contributed by atoms with E-state index in [1.807, 2.05) is 0 Å². The Hall–Kier alpha value is -0.730. The molecule has 8 N–H and O–H groups in total. The van der Waals surface area contributed by atoms with Crippen molar-refractivity contribution in [3.05, 3.63) is 0 Å². The van der Waals surface area contributed by atoms with E-state index in [1.165, 1.54) is 0 Å². The molecule has 0 radical (unpaired) electrons. The van der Waals surface area contributed by atoms with Crippen molar-refractivity contribution in [2.45, 2.75) is 49.0 Å². The minimum atomic E-state index is -1.91. The number of ether oxygens (including phenoxy) is 2. The minimum Gasteiger partial charge on any atom is -0.394 e. The van der Waals surface area contributed by atoms with Crippen LogP contribution in [0.4, 0.5) is 0 Å². The first kappa shape index (κ1) is 20.3. The van der Waals surface area contributed by atoms with Crippen LogP contribution < -0.4 is 0 Å². The molecule has 23 heavy (non-hydrogen) atoms. The van der Waals surface area contributed by atoms with Crippen LogP contribution in [0.2, 0.25) is 0 Å². The summed E-state index contributed by atoms with van der Waals surface area (Å²) < 4.78 is 10.0. The van der Waals surface area contributed by atoms with Gasteiger partial charge in [0.1, 0.15) is 42.7 Å². The summed E-state index contributed by atoms with van der Waals surface area (Å²) in [4.78, 5) is 11.8. The van der Waals surface area contributed by atoms with Crippen LogP contribution in [0.3, 0.4) is 0 Å². The van der Waals surface area contributed by atoms with Gasteiger partial charge in [0.2, 0.25) is 0 Å². The third kappa shape index (κ3) is 4.64. The first-order valence-electron chi connectivity index (χ1n) is 6.86. The van der Waals surface area contributed by atoms with Gasteiger partial charge in [0.15, 0.2) is 12.1 Å². The molecular weight excluding hydrogens is 320 g/mol. The van der Waals surface area contributed by atoms with Gasteiger partial charge in [0.25, 0.3) is 0 Å². The number of carbonyl (C=O) groups excluding carboxylic acids is 1. The average molecular weight is 342 g/mol. The van der Waals surface area contributed by atoms with Gasteiger partial charge in [-0.15, -0.1) is 0 Å². The molecule has 0 amide bonds. The van der Waals surface area contributed by atoms with Crippen LogP contribution in [0.25, 0.3) is 0 Å². The Kier molecular flexibility index (Phi) is 7.89. The second-order valence-corrected chi connectivity index (χ2v) is 5.10. The highest BCUT2D eigenvalue weighted by Gasteiger charge is 2.46. The van der Waals surface area contributed by atoms with E-state index in [0.29, 0.717) is 0 Å². The van der Waals surface area contributed by atoms with Crippen molar-refractivity contribution in [1.82, 2.24) is 0 Å². The van der Waals surface area contributed by atoms with Crippen LogP contribution in [-0.4, -0.2) is 115 Å². The molecule has 0 bridgehead atoms. The van der Waals surface area contributed by atoms with Crippen molar-refractivity contribution in [2.75, 3.05) is 19.8 Å². The topological polar surface area (TPSA) is 197 Å². The number of hydrogen-bond donors (Lipinski definition) is 8. The molecule has 8 atom stereocenters. The minimum absolute atomic E-state index is 0.731. The molecule has 11 nitrogen and oxygen atoms in total. The molecule has 1 aliphatic heterocycles. The van der Waals surface area contributed by atoms with E-state index in [1.54, 1.807) is 0 Å². The van der Waals surface area contributed by atoms with Crippen molar-refractivity contribution in [3.8, 4) is 0 Å². The van der Waals surface area contributed by atoms with Gasteiger partial charge in [0.05, 0.1) is 19.8 Å². The van der Waals surface area contributed by atoms with Crippen molar-refractivity contribution < 1.29 is 55.1 Å². The number of ketones is 1. The number of rotatable bonds is 8. The third-order valence-corrected chi connectivity index (χ3v) is 3.45. The molecule has 0 spiro atoms. The normalized spacial score (nSPS) is 35.6. The number of hydrogen-bond acceptors (Lipinski definition) is 11. The van der Waals surface area contributed by atoms with E-state index in [4.69, 9.17) is 24.8 Å². The van der Waals surface area contributed by atoms with Crippen molar-refractivity contribution in [2.24, 2.45) is 0 Å². The third-order valence-electron chi connectivity index (χ3n) is 3.45. The summed E-state index contributed by atoms with van der Waals surface area (Å²) in [6.07, 6.45) is -13.9. The smallest absolute Gasteiger partial charge is 0.195 e. The highest BCUT2D eigenvalue weighted by molar-refractivity contribution is 5.87. The maximum Gasteiger partial charge on any atom is 0.195 e. The van der Waals surface area contributed by atoms with Crippen molar-refractivity contribution >= 4 is 5.78 Å². The van der Waals surface area contributed by atoms with Gasteiger partial charge in [-0.25, -0.2) is 0 Å². The predicted molar refractivity (Wildman–Crippen MR) is 69.8 cm³/mol. The zero-order valence-corrected chi connectivity index (χ0v) is 12.0. The van der Waals surface area contributed by atoms with Gasteiger partial charge >= 0.3 is 0 Å². The molecule has 0 aromatic rings. The molecule has 11 heteroatoms. The lowest BCUT2D eigenvalue weighted by Gasteiger charge is -2.41. The summed E-state index contributed by atoms with van der Waals surface area (Å²) in [5.74, 6) is -1.19. The van der Waals surface area contributed by atoms with Crippen LogP contribution in [-0.2, 0) is 14.3 Å². The van der Waals surface area contributed by atoms with E-state index in [0.717, 1.165) is 0 Å². The van der Waals surface area contributed by atoms with Crippen LogP contribution in [0.1, 0.15) is 0 Å². The maximum atomic E-state index is 11.8. The predicted octanol–water partition coefficient (Wildman–Crippen LogP) is -5.55. The summed E-state index contributed by atoms with van der Waals surface area (Å²) in [7, 11) is 0. The molecule has 0 aromatic carbocycles. The number of Topliss-reactive ketones (excluding diaryl/α,β-unsaturated/α-hetero) is 1. The first-order valence-corrected chi connectivity index (χ1v) is 6.86. The molecule has 1 saturated heterocycles. The van der Waals surface area contributed by atoms with Crippen molar-refractivity contribution in [3.63, 3.8) is 0 Å². The Morgan fingerprint density at radius 3 is 2.09 bits per heavy atom. The molecule has 1 aliphatic rings. The first-order chi connectivity index (χ1) is 10.8. The summed E-state index contributed by atoms with van der Waals surface area (Å²) in [6, 6.07) is 0. The maximum absolute atomic E-state index is 11.8. The number of carbonyl (C=O) groups is 1. The van der Waals surface area contributed by atoms with Gasteiger partial charge < -0.3 is 50.3 Å². The van der Waals surface area contributed by atoms with E-state index >= 15 is 0 Å². The lowest BCUT2D eigenvalue weighted by molar-refractivity contribution is -0.314. The highest BCUT2D eigenvalue weighted by atomic mass is 16.7. The van der Waals surface area contributed by atoms with E-state index in [2.05, 4.69) is 0 Å². The SMILES string of the molecule is O=C([C@@H](O)CO)[C@H](OC1O[C@H](CO)[C@H](O)[C@H](O)[C@H]1O)[C@H](O)CO. The molecule has 1 heterocycles. The lowest BCUT2D eigenvalue weighted by atomic mass is 9.99. The van der Waals surface area contributed by atoms with Crippen LogP contribution in [0, 0.1) is 0 Å². The molecule has 1 fully saturated rings. The summed E-state index contributed by atoms with van der Waals surface area (Å²) in [5, 5.41) is 74.7. The van der Waals surface area contributed by atoms with E-state index in [-0.39, 0.29) is 0 Å². The van der Waals surface area contributed by atoms with E-state index in [9.17, 15) is 30.3 Å². The second kappa shape index (κ2) is 8.94. The quantitative estimate of drug-likeness (QED) is 0.209. The Labute approximate surface area is 130 Å². The van der Waals surface area contributed by atoms with Gasteiger partial charge in [-0.3, -0.25) is 4.79 Å². The monoisotopic (exact) mass is 342 g/mol. The van der Waals surface area contributed by atoms with Crippen LogP contribution >= 0.6 is 0 Å². The standard InChI is InChI=1S/C12H22O11/c13-1-4(16)7(18)11(5(17)2-14)23-12-10(21)9(20)8(19)6(3-15)22-12/h4-6,8-17,19-21H,1-3H2/t4-,5+,6+,8-,9-,10+,11+,12?/m0/s1. The summed E-state index contributed by atoms with van der Waals surface area (Å²) in [5.41, 5.74) is 0. The Morgan fingerprint density at radius 1 is 1.00 bits per heavy atom. The Balaban J connectivity index is 2.91. The lowest BCUT2D eigenvalue weighted by Crippen LogP contribution is -2.61. The summed E-state index contributed by atoms with van der Waals surface area (Å²) in [6.45, 7) is -2.64. The van der Waals surface area contributed by atoms with Gasteiger partial charge in [-0.05, 0) is 0 Å². The fraction of sp³-hybridized carbons (Fsp3) is 0.917. The molecule has 0 aliphatic carbocycles. The Bertz CT molecular complexity index is 376. The van der Waals surface area contributed by atoms with E-state index < -0.39 is 74.6 Å². The average Bonchev–Trinajstić information content (AvgIpc) is 2.57. The zero-order chi connectivity index (χ0) is 17.7. The fourth-order valence-electron chi connectivity index (χ4n) is 2.05. The van der Waals surface area contributed by atoms with Gasteiger partial charge in [-0.1, -0.05) is 0 Å². The van der Waals surface area contributed by atoms with Gasteiger partial charge in [0, 0.05) is 0 Å². The second-order valence-electron chi connectivity index (χ2n) is 5.10. The number of aliphatic hydroxyl groups excluding tert-OH is 8. The molecule has 1 rings (SSSR count). The van der Waals surface area contributed by atoms with Crippen LogP contribution in [0.15, 0.2) is 0 Å². The van der Waals surface area contributed by atoms with Crippen molar-refractivity contribution in [1.29, 1.82) is 0 Å². The largest absolute Gasteiger partial charge is 0.394 e. The zero-order valence-electron chi connectivity index (χ0n) is 12.0. The molecule has 0 saturated carbocycles. The Morgan fingerprint density at radius 2 is 1.61 bits per heavy atom. The number of aliphatic hydroxyl groups is 8. The van der Waals surface area contributed by atoms with Gasteiger partial charge in [-0.2, -0.15) is 0 Å². The highest BCUT2D eigenvalue weighted by Crippen LogP contribution is 2.24. The van der Waals surface area contributed by atoms with Crippen LogP contribution in [0.5, 0.6) is 0 Å². The molecule has 0 aromatic heterocycles. The molecule has 1 unspecified atom stereocenters. The molecule has 136 valence electrons. The summed E-state index contributed by atoms with van der Waals surface area (Å²) >= 11 is 0.